The summed E-state index contributed by atoms with van der Waals surface area (Å²) in [6.45, 7) is 3.71. The molecule has 1 atom stereocenters. The third kappa shape index (κ3) is 4.31. The molecule has 7 nitrogen and oxygen atoms in total. The number of anilines is 2. The van der Waals surface area contributed by atoms with Gasteiger partial charge in [0.1, 0.15) is 17.5 Å². The van der Waals surface area contributed by atoms with Crippen molar-refractivity contribution in [1.29, 1.82) is 0 Å². The molecule has 0 radical (unpaired) electrons. The first kappa shape index (κ1) is 21.8. The first-order chi connectivity index (χ1) is 15.5. The van der Waals surface area contributed by atoms with Crippen molar-refractivity contribution in [3.63, 3.8) is 0 Å². The predicted octanol–water partition coefficient (Wildman–Crippen LogP) is 4.52. The van der Waals surface area contributed by atoms with Crippen LogP contribution in [0.4, 0.5) is 11.4 Å². The maximum Gasteiger partial charge on any atom is 0.265 e. The number of benzene rings is 2. The number of ether oxygens (including phenoxy) is 2. The summed E-state index contributed by atoms with van der Waals surface area (Å²) >= 11 is 1.62. The van der Waals surface area contributed by atoms with Crippen LogP contribution in [0.15, 0.2) is 47.8 Å². The fourth-order valence-corrected chi connectivity index (χ4v) is 4.54. The van der Waals surface area contributed by atoms with E-state index in [0.29, 0.717) is 22.9 Å². The SMILES string of the molecule is CCCc1nc(-c2ccc3c(c2)N(C(C)C(=O)Nc2ccccc2OC)C(=O)CO3)cs1. The molecule has 2 aromatic carbocycles. The van der Waals surface area contributed by atoms with Crippen LogP contribution in [0.2, 0.25) is 0 Å². The van der Waals surface area contributed by atoms with Crippen molar-refractivity contribution in [1.82, 2.24) is 4.98 Å². The van der Waals surface area contributed by atoms with E-state index < -0.39 is 6.04 Å². The number of methoxy groups -OCH3 is 1. The number of nitrogens with zero attached hydrogens (tertiary/aromatic N) is 2. The highest BCUT2D eigenvalue weighted by atomic mass is 32.1. The van der Waals surface area contributed by atoms with Crippen molar-refractivity contribution in [3.05, 3.63) is 52.9 Å². The molecule has 0 bridgehead atoms. The average molecular weight is 452 g/mol. The summed E-state index contributed by atoms with van der Waals surface area (Å²) in [5.41, 5.74) is 2.84. The molecule has 1 aliphatic heterocycles. The summed E-state index contributed by atoms with van der Waals surface area (Å²) in [4.78, 5) is 32.0. The Morgan fingerprint density at radius 3 is 2.91 bits per heavy atom. The highest BCUT2D eigenvalue weighted by molar-refractivity contribution is 7.09. The molecular weight excluding hydrogens is 426 g/mol. The third-order valence-corrected chi connectivity index (χ3v) is 6.19. The Labute approximate surface area is 191 Å². The van der Waals surface area contributed by atoms with E-state index in [2.05, 4.69) is 12.2 Å². The molecule has 0 saturated carbocycles. The Hall–Kier alpha value is -3.39. The largest absolute Gasteiger partial charge is 0.495 e. The highest BCUT2D eigenvalue weighted by Gasteiger charge is 2.33. The minimum absolute atomic E-state index is 0.115. The summed E-state index contributed by atoms with van der Waals surface area (Å²) in [6.07, 6.45) is 1.97. The first-order valence-corrected chi connectivity index (χ1v) is 11.4. The van der Waals surface area contributed by atoms with E-state index in [1.54, 1.807) is 37.5 Å². The fraction of sp³-hybridized carbons (Fsp3) is 0.292. The lowest BCUT2D eigenvalue weighted by Gasteiger charge is -2.33. The summed E-state index contributed by atoms with van der Waals surface area (Å²) in [5.74, 6) is 0.520. The van der Waals surface area contributed by atoms with Gasteiger partial charge in [-0.25, -0.2) is 4.98 Å². The van der Waals surface area contributed by atoms with Gasteiger partial charge in [0.25, 0.3) is 5.91 Å². The summed E-state index contributed by atoms with van der Waals surface area (Å²) in [6, 6.07) is 12.0. The molecule has 2 heterocycles. The topological polar surface area (TPSA) is 80.8 Å². The van der Waals surface area contributed by atoms with Gasteiger partial charge in [-0.1, -0.05) is 19.1 Å². The fourth-order valence-electron chi connectivity index (χ4n) is 3.63. The van der Waals surface area contributed by atoms with Crippen LogP contribution in [0, 0.1) is 0 Å². The van der Waals surface area contributed by atoms with Crippen LogP contribution in [-0.4, -0.2) is 36.6 Å². The zero-order chi connectivity index (χ0) is 22.7. The minimum Gasteiger partial charge on any atom is -0.495 e. The Kier molecular flexibility index (Phi) is 6.41. The van der Waals surface area contributed by atoms with Gasteiger partial charge in [-0.3, -0.25) is 14.5 Å². The Balaban J connectivity index is 1.63. The molecule has 4 rings (SSSR count). The molecule has 1 N–H and O–H groups in total. The van der Waals surface area contributed by atoms with Gasteiger partial charge in [0.05, 0.1) is 29.2 Å². The van der Waals surface area contributed by atoms with Crippen molar-refractivity contribution in [2.24, 2.45) is 0 Å². The van der Waals surface area contributed by atoms with Gasteiger partial charge in [0, 0.05) is 10.9 Å². The van der Waals surface area contributed by atoms with Crippen molar-refractivity contribution >= 4 is 34.5 Å². The Morgan fingerprint density at radius 2 is 2.12 bits per heavy atom. The molecular formula is C24H25N3O4S. The maximum absolute atomic E-state index is 13.1. The number of para-hydroxylation sites is 2. The van der Waals surface area contributed by atoms with Crippen molar-refractivity contribution in [2.45, 2.75) is 32.7 Å². The molecule has 166 valence electrons. The molecule has 0 fully saturated rings. The van der Waals surface area contributed by atoms with E-state index in [9.17, 15) is 9.59 Å². The maximum atomic E-state index is 13.1. The van der Waals surface area contributed by atoms with E-state index in [0.717, 1.165) is 29.1 Å². The molecule has 0 aliphatic carbocycles. The van der Waals surface area contributed by atoms with Crippen molar-refractivity contribution in [3.8, 4) is 22.8 Å². The molecule has 2 amide bonds. The van der Waals surface area contributed by atoms with Crippen LogP contribution < -0.4 is 19.7 Å². The smallest absolute Gasteiger partial charge is 0.265 e. The number of thiazole rings is 1. The molecule has 0 saturated heterocycles. The van der Waals surface area contributed by atoms with E-state index in [1.165, 1.54) is 4.90 Å². The van der Waals surface area contributed by atoms with Gasteiger partial charge < -0.3 is 14.8 Å². The number of rotatable bonds is 7. The van der Waals surface area contributed by atoms with Crippen LogP contribution in [0.1, 0.15) is 25.3 Å². The number of amides is 2. The van der Waals surface area contributed by atoms with Gasteiger partial charge >= 0.3 is 0 Å². The lowest BCUT2D eigenvalue weighted by molar-refractivity contribution is -0.125. The number of aromatic nitrogens is 1. The second-order valence-electron chi connectivity index (χ2n) is 7.48. The monoisotopic (exact) mass is 451 g/mol. The summed E-state index contributed by atoms with van der Waals surface area (Å²) in [5, 5.41) is 5.96. The standard InChI is InChI=1S/C24H25N3O4S/c1-4-7-22-25-18(14-32-22)16-10-11-21-19(12-16)27(23(28)13-31-21)15(2)24(29)26-17-8-5-6-9-20(17)30-3/h5-6,8-12,14-15H,4,7,13H2,1-3H3,(H,26,29). The van der Waals surface area contributed by atoms with Crippen LogP contribution in [0.25, 0.3) is 11.3 Å². The van der Waals surface area contributed by atoms with Gasteiger partial charge in [-0.05, 0) is 50.1 Å². The lowest BCUT2D eigenvalue weighted by Crippen LogP contribution is -2.49. The minimum atomic E-state index is -0.753. The van der Waals surface area contributed by atoms with Crippen LogP contribution >= 0.6 is 11.3 Å². The quantitative estimate of drug-likeness (QED) is 0.571. The number of hydrogen-bond acceptors (Lipinski definition) is 6. The Morgan fingerprint density at radius 1 is 1.31 bits per heavy atom. The molecule has 3 aromatic rings. The second-order valence-corrected chi connectivity index (χ2v) is 8.42. The molecule has 1 unspecified atom stereocenters. The Bertz CT molecular complexity index is 1140. The molecule has 1 aromatic heterocycles. The third-order valence-electron chi connectivity index (χ3n) is 5.28. The number of carbonyl (C=O) groups is 2. The average Bonchev–Trinajstić information content (AvgIpc) is 3.27. The van der Waals surface area contributed by atoms with Crippen LogP contribution in [0.3, 0.4) is 0 Å². The predicted molar refractivity (Wildman–Crippen MR) is 126 cm³/mol. The second kappa shape index (κ2) is 9.40. The van der Waals surface area contributed by atoms with E-state index in [4.69, 9.17) is 14.5 Å². The zero-order valence-corrected chi connectivity index (χ0v) is 19.1. The van der Waals surface area contributed by atoms with Crippen LogP contribution in [-0.2, 0) is 16.0 Å². The first-order valence-electron chi connectivity index (χ1n) is 10.5. The number of hydrogen-bond donors (Lipinski definition) is 1. The van der Waals surface area contributed by atoms with Gasteiger partial charge in [-0.2, -0.15) is 0 Å². The number of nitrogens with one attached hydrogen (secondary N) is 1. The van der Waals surface area contributed by atoms with E-state index in [-0.39, 0.29) is 18.4 Å². The van der Waals surface area contributed by atoms with E-state index >= 15 is 0 Å². The van der Waals surface area contributed by atoms with E-state index in [1.807, 2.05) is 35.7 Å². The van der Waals surface area contributed by atoms with Gasteiger partial charge in [-0.15, -0.1) is 11.3 Å². The molecule has 32 heavy (non-hydrogen) atoms. The van der Waals surface area contributed by atoms with Gasteiger partial charge in [0.2, 0.25) is 5.91 Å². The molecule has 0 spiro atoms. The normalized spacial score (nSPS) is 13.8. The number of fused-ring (bicyclic) bond motifs is 1. The zero-order valence-electron chi connectivity index (χ0n) is 18.3. The molecule has 1 aliphatic rings. The number of aryl methyl sites for hydroxylation is 1. The van der Waals surface area contributed by atoms with Crippen LogP contribution in [0.5, 0.6) is 11.5 Å². The van der Waals surface area contributed by atoms with Crippen molar-refractivity contribution in [2.75, 3.05) is 23.9 Å². The van der Waals surface area contributed by atoms with Crippen molar-refractivity contribution < 1.29 is 19.1 Å². The molecule has 8 heteroatoms. The summed E-state index contributed by atoms with van der Waals surface area (Å²) < 4.78 is 10.9. The lowest BCUT2D eigenvalue weighted by atomic mass is 10.1. The van der Waals surface area contributed by atoms with Gasteiger partial charge in [0.15, 0.2) is 6.61 Å². The highest BCUT2D eigenvalue weighted by Crippen LogP contribution is 2.37. The summed E-state index contributed by atoms with van der Waals surface area (Å²) in [7, 11) is 1.54. The number of carbonyl (C=O) groups excluding carboxylic acids is 2.